The number of rotatable bonds is 6. The number of piperazine rings is 1. The summed E-state index contributed by atoms with van der Waals surface area (Å²) in [6.45, 7) is 5.75. The number of carbonyl (C=O) groups is 1. The summed E-state index contributed by atoms with van der Waals surface area (Å²) in [5.74, 6) is 1.24. The summed E-state index contributed by atoms with van der Waals surface area (Å²) in [6, 6.07) is 7.72. The van der Waals surface area contributed by atoms with Crippen molar-refractivity contribution in [3.63, 3.8) is 0 Å². The Hall–Kier alpha value is -2.52. The molecule has 0 aromatic carbocycles. The van der Waals surface area contributed by atoms with Gasteiger partial charge in [0.1, 0.15) is 0 Å². The standard InChI is InChI=1S/C18H22N6O2S/c1-2-15(17-19-20-21-24(17)13-14-5-4-12-27-14)22-7-9-23(10-8-22)18(25)16-6-3-11-26-16/h3-6,11-12,15H,2,7-10,13H2,1H3/t15-/m0/s1. The van der Waals surface area contributed by atoms with Gasteiger partial charge in [0, 0.05) is 31.1 Å². The molecule has 0 aliphatic carbocycles. The molecule has 1 atom stereocenters. The van der Waals surface area contributed by atoms with Crippen molar-refractivity contribution < 1.29 is 9.21 Å². The number of nitrogens with zero attached hydrogens (tertiary/aromatic N) is 6. The molecule has 1 amide bonds. The van der Waals surface area contributed by atoms with E-state index in [0.717, 1.165) is 25.3 Å². The second-order valence-corrected chi connectivity index (χ2v) is 7.54. The molecule has 0 saturated carbocycles. The fourth-order valence-corrected chi connectivity index (χ4v) is 4.20. The molecule has 27 heavy (non-hydrogen) atoms. The second kappa shape index (κ2) is 8.01. The van der Waals surface area contributed by atoms with Crippen molar-refractivity contribution in [3.8, 4) is 0 Å². The van der Waals surface area contributed by atoms with E-state index in [2.05, 4.69) is 38.8 Å². The van der Waals surface area contributed by atoms with Crippen LogP contribution in [0.15, 0.2) is 40.3 Å². The molecule has 142 valence electrons. The molecular weight excluding hydrogens is 364 g/mol. The van der Waals surface area contributed by atoms with E-state index in [4.69, 9.17) is 4.42 Å². The van der Waals surface area contributed by atoms with Crippen LogP contribution in [0.5, 0.6) is 0 Å². The van der Waals surface area contributed by atoms with Crippen molar-refractivity contribution in [2.45, 2.75) is 25.9 Å². The number of amides is 1. The highest BCUT2D eigenvalue weighted by atomic mass is 32.1. The Balaban J connectivity index is 1.42. The van der Waals surface area contributed by atoms with Gasteiger partial charge in [0.05, 0.1) is 18.8 Å². The minimum absolute atomic E-state index is 0.0461. The Kier molecular flexibility index (Phi) is 5.30. The maximum absolute atomic E-state index is 12.4. The Morgan fingerprint density at radius 3 is 2.78 bits per heavy atom. The van der Waals surface area contributed by atoms with Gasteiger partial charge in [-0.3, -0.25) is 9.69 Å². The monoisotopic (exact) mass is 386 g/mol. The zero-order chi connectivity index (χ0) is 18.6. The number of furan rings is 1. The molecule has 3 aromatic heterocycles. The minimum atomic E-state index is -0.0461. The fraction of sp³-hybridized carbons (Fsp3) is 0.444. The maximum Gasteiger partial charge on any atom is 0.289 e. The molecule has 1 fully saturated rings. The van der Waals surface area contributed by atoms with E-state index in [-0.39, 0.29) is 11.9 Å². The molecular formula is C18H22N6O2S. The van der Waals surface area contributed by atoms with Crippen molar-refractivity contribution in [1.82, 2.24) is 30.0 Å². The van der Waals surface area contributed by atoms with Crippen LogP contribution < -0.4 is 0 Å². The molecule has 0 radical (unpaired) electrons. The predicted molar refractivity (Wildman–Crippen MR) is 100 cm³/mol. The molecule has 1 aliphatic rings. The molecule has 0 N–H and O–H groups in total. The van der Waals surface area contributed by atoms with Crippen molar-refractivity contribution in [2.75, 3.05) is 26.2 Å². The maximum atomic E-state index is 12.4. The van der Waals surface area contributed by atoms with Crippen LogP contribution in [-0.4, -0.2) is 62.1 Å². The first-order valence-electron chi connectivity index (χ1n) is 9.11. The third-order valence-corrected chi connectivity index (χ3v) is 5.77. The Bertz CT molecular complexity index is 852. The van der Waals surface area contributed by atoms with Gasteiger partial charge in [-0.15, -0.1) is 16.4 Å². The number of carbonyl (C=O) groups excluding carboxylic acids is 1. The average Bonchev–Trinajstić information content (AvgIpc) is 3.46. The van der Waals surface area contributed by atoms with E-state index >= 15 is 0 Å². The molecule has 0 spiro atoms. The second-order valence-electron chi connectivity index (χ2n) is 6.50. The van der Waals surface area contributed by atoms with Gasteiger partial charge in [-0.05, 0) is 40.4 Å². The first kappa shape index (κ1) is 17.9. The van der Waals surface area contributed by atoms with E-state index in [0.29, 0.717) is 25.4 Å². The van der Waals surface area contributed by atoms with E-state index in [1.54, 1.807) is 23.5 Å². The van der Waals surface area contributed by atoms with Crippen molar-refractivity contribution in [3.05, 3.63) is 52.4 Å². The van der Waals surface area contributed by atoms with E-state index in [1.165, 1.54) is 11.1 Å². The van der Waals surface area contributed by atoms with E-state index in [1.807, 2.05) is 15.6 Å². The van der Waals surface area contributed by atoms with Crippen LogP contribution in [0.25, 0.3) is 0 Å². The van der Waals surface area contributed by atoms with Crippen LogP contribution >= 0.6 is 11.3 Å². The van der Waals surface area contributed by atoms with Gasteiger partial charge in [-0.1, -0.05) is 13.0 Å². The van der Waals surface area contributed by atoms with Crippen LogP contribution in [0.1, 0.15) is 40.6 Å². The van der Waals surface area contributed by atoms with Gasteiger partial charge >= 0.3 is 0 Å². The lowest BCUT2D eigenvalue weighted by atomic mass is 10.1. The Morgan fingerprint density at radius 1 is 1.26 bits per heavy atom. The van der Waals surface area contributed by atoms with Crippen molar-refractivity contribution >= 4 is 17.2 Å². The molecule has 8 nitrogen and oxygen atoms in total. The molecule has 1 aliphatic heterocycles. The summed E-state index contributed by atoms with van der Waals surface area (Å²) in [4.78, 5) is 17.9. The normalized spacial score (nSPS) is 16.6. The quantitative estimate of drug-likeness (QED) is 0.647. The summed E-state index contributed by atoms with van der Waals surface area (Å²) in [6.07, 6.45) is 2.45. The van der Waals surface area contributed by atoms with Crippen molar-refractivity contribution in [2.24, 2.45) is 0 Å². The zero-order valence-corrected chi connectivity index (χ0v) is 16.0. The Labute approximate surface area is 161 Å². The molecule has 0 bridgehead atoms. The first-order chi connectivity index (χ1) is 13.3. The van der Waals surface area contributed by atoms with Gasteiger partial charge in [0.25, 0.3) is 5.91 Å². The summed E-state index contributed by atoms with van der Waals surface area (Å²) in [5, 5.41) is 14.5. The Morgan fingerprint density at radius 2 is 2.11 bits per heavy atom. The SMILES string of the molecule is CC[C@@H](c1nnnn1Cc1cccs1)N1CCN(C(=O)c2ccco2)CC1. The molecule has 1 saturated heterocycles. The minimum Gasteiger partial charge on any atom is -0.459 e. The largest absolute Gasteiger partial charge is 0.459 e. The highest BCUT2D eigenvalue weighted by Crippen LogP contribution is 2.24. The fourth-order valence-electron chi connectivity index (χ4n) is 3.51. The molecule has 4 heterocycles. The highest BCUT2D eigenvalue weighted by molar-refractivity contribution is 7.09. The number of tetrazole rings is 1. The molecule has 9 heteroatoms. The first-order valence-corrected chi connectivity index (χ1v) is 9.99. The summed E-state index contributed by atoms with van der Waals surface area (Å²) >= 11 is 1.70. The summed E-state index contributed by atoms with van der Waals surface area (Å²) < 4.78 is 7.12. The smallest absolute Gasteiger partial charge is 0.289 e. The number of hydrogen-bond donors (Lipinski definition) is 0. The third-order valence-electron chi connectivity index (χ3n) is 4.90. The van der Waals surface area contributed by atoms with Gasteiger partial charge in [-0.25, -0.2) is 4.68 Å². The highest BCUT2D eigenvalue weighted by Gasteiger charge is 2.30. The molecule has 0 unspecified atom stereocenters. The van der Waals surface area contributed by atoms with Gasteiger partial charge in [-0.2, -0.15) is 0 Å². The van der Waals surface area contributed by atoms with Gasteiger partial charge < -0.3 is 9.32 Å². The number of hydrogen-bond acceptors (Lipinski definition) is 7. The van der Waals surface area contributed by atoms with Crippen molar-refractivity contribution in [1.29, 1.82) is 0 Å². The molecule has 3 aromatic rings. The van der Waals surface area contributed by atoms with Gasteiger partial charge in [0.15, 0.2) is 11.6 Å². The van der Waals surface area contributed by atoms with Crippen LogP contribution in [0.2, 0.25) is 0 Å². The summed E-state index contributed by atoms with van der Waals surface area (Å²) in [7, 11) is 0. The van der Waals surface area contributed by atoms with Gasteiger partial charge in [0.2, 0.25) is 0 Å². The lowest BCUT2D eigenvalue weighted by Crippen LogP contribution is -2.50. The lowest BCUT2D eigenvalue weighted by molar-refractivity contribution is 0.0521. The van der Waals surface area contributed by atoms with Crippen LogP contribution in [0.4, 0.5) is 0 Å². The zero-order valence-electron chi connectivity index (χ0n) is 15.2. The third kappa shape index (κ3) is 3.79. The summed E-state index contributed by atoms with van der Waals surface area (Å²) in [5.41, 5.74) is 0. The van der Waals surface area contributed by atoms with Crippen LogP contribution in [0.3, 0.4) is 0 Å². The number of thiophene rings is 1. The lowest BCUT2D eigenvalue weighted by Gasteiger charge is -2.38. The average molecular weight is 386 g/mol. The van der Waals surface area contributed by atoms with E-state index in [9.17, 15) is 4.79 Å². The predicted octanol–water partition coefficient (Wildman–Crippen LogP) is 2.29. The molecule has 4 rings (SSSR count). The van der Waals surface area contributed by atoms with Crippen LogP contribution in [0, 0.1) is 0 Å². The van der Waals surface area contributed by atoms with Crippen LogP contribution in [-0.2, 0) is 6.54 Å². The topological polar surface area (TPSA) is 80.3 Å². The number of aromatic nitrogens is 4. The van der Waals surface area contributed by atoms with E-state index < -0.39 is 0 Å².